The Hall–Kier alpha value is -1.88. The summed E-state index contributed by atoms with van der Waals surface area (Å²) in [6, 6.07) is 10.9. The summed E-state index contributed by atoms with van der Waals surface area (Å²) in [7, 11) is 0. The Morgan fingerprint density at radius 3 is 2.90 bits per heavy atom. The summed E-state index contributed by atoms with van der Waals surface area (Å²) < 4.78 is 6.26. The van der Waals surface area contributed by atoms with Gasteiger partial charge in [-0.25, -0.2) is 5.43 Å². The fourth-order valence-corrected chi connectivity index (χ4v) is 2.17. The molecular formula is C15H15BrN2O2. The quantitative estimate of drug-likeness (QED) is 0.668. The average Bonchev–Trinajstić information content (AvgIpc) is 2.87. The average molecular weight is 335 g/mol. The van der Waals surface area contributed by atoms with Gasteiger partial charge in [-0.3, -0.25) is 4.79 Å². The number of rotatable bonds is 5. The van der Waals surface area contributed by atoms with E-state index < -0.39 is 0 Å². The van der Waals surface area contributed by atoms with Gasteiger partial charge in [0.1, 0.15) is 11.5 Å². The van der Waals surface area contributed by atoms with Crippen LogP contribution in [0.3, 0.4) is 0 Å². The molecule has 5 heteroatoms. The van der Waals surface area contributed by atoms with Gasteiger partial charge < -0.3 is 4.42 Å². The van der Waals surface area contributed by atoms with Crippen LogP contribution in [0.15, 0.2) is 50.4 Å². The van der Waals surface area contributed by atoms with Crippen LogP contribution in [-0.4, -0.2) is 12.1 Å². The van der Waals surface area contributed by atoms with Crippen LogP contribution in [-0.2, 0) is 6.42 Å². The summed E-state index contributed by atoms with van der Waals surface area (Å²) in [5, 5.41) is 3.89. The zero-order valence-electron chi connectivity index (χ0n) is 11.1. The van der Waals surface area contributed by atoms with Crippen molar-refractivity contribution in [3.05, 3.63) is 58.0 Å². The molecule has 0 aliphatic rings. The fraction of sp³-hybridized carbons (Fsp3) is 0.200. The molecule has 1 amide bonds. The Labute approximate surface area is 126 Å². The molecule has 1 N–H and O–H groups in total. The third-order valence-corrected chi connectivity index (χ3v) is 3.35. The standard InChI is InChI=1S/C15H15BrN2O2/c1-2-5-11-8-9-12(20-11)10-17-18-15(19)13-6-3-4-7-14(13)16/h3-4,6-10H,2,5H2,1H3,(H,18,19)/b17-10+. The number of nitrogens with zero attached hydrogens (tertiary/aromatic N) is 1. The van der Waals surface area contributed by atoms with Crippen LogP contribution < -0.4 is 5.43 Å². The highest BCUT2D eigenvalue weighted by Crippen LogP contribution is 2.15. The van der Waals surface area contributed by atoms with Crippen molar-refractivity contribution in [3.8, 4) is 0 Å². The van der Waals surface area contributed by atoms with E-state index in [4.69, 9.17) is 4.42 Å². The first-order valence-corrected chi connectivity index (χ1v) is 7.16. The van der Waals surface area contributed by atoms with Gasteiger partial charge in [0, 0.05) is 10.9 Å². The first kappa shape index (κ1) is 14.5. The van der Waals surface area contributed by atoms with Crippen LogP contribution in [0.2, 0.25) is 0 Å². The van der Waals surface area contributed by atoms with E-state index in [1.807, 2.05) is 24.3 Å². The SMILES string of the molecule is CCCc1ccc(/C=N/NC(=O)c2ccccc2Br)o1. The Bertz CT molecular complexity index is 620. The molecule has 4 nitrogen and oxygen atoms in total. The Morgan fingerprint density at radius 2 is 2.15 bits per heavy atom. The first-order chi connectivity index (χ1) is 9.70. The van der Waals surface area contributed by atoms with Crippen molar-refractivity contribution in [2.75, 3.05) is 0 Å². The van der Waals surface area contributed by atoms with Crippen molar-refractivity contribution < 1.29 is 9.21 Å². The fourth-order valence-electron chi connectivity index (χ4n) is 1.70. The van der Waals surface area contributed by atoms with Crippen LogP contribution in [0.1, 0.15) is 35.2 Å². The minimum absolute atomic E-state index is 0.269. The van der Waals surface area contributed by atoms with Crippen molar-refractivity contribution in [1.29, 1.82) is 0 Å². The number of hydrogen-bond donors (Lipinski definition) is 1. The molecule has 0 aliphatic heterocycles. The van der Waals surface area contributed by atoms with E-state index in [0.717, 1.165) is 23.1 Å². The minimum atomic E-state index is -0.269. The molecule has 1 aromatic carbocycles. The molecule has 104 valence electrons. The molecule has 0 saturated carbocycles. The molecule has 0 aliphatic carbocycles. The zero-order chi connectivity index (χ0) is 14.4. The number of nitrogens with one attached hydrogen (secondary N) is 1. The minimum Gasteiger partial charge on any atom is -0.460 e. The topological polar surface area (TPSA) is 54.6 Å². The number of carbonyl (C=O) groups is 1. The number of aryl methyl sites for hydroxylation is 1. The zero-order valence-corrected chi connectivity index (χ0v) is 12.7. The van der Waals surface area contributed by atoms with Crippen molar-refractivity contribution in [1.82, 2.24) is 5.43 Å². The number of halogens is 1. The molecule has 2 aromatic rings. The second kappa shape index (κ2) is 7.05. The van der Waals surface area contributed by atoms with E-state index in [1.165, 1.54) is 6.21 Å². The highest BCUT2D eigenvalue weighted by Gasteiger charge is 2.07. The second-order valence-corrected chi connectivity index (χ2v) is 5.09. The normalized spacial score (nSPS) is 10.9. The van der Waals surface area contributed by atoms with Crippen molar-refractivity contribution in [2.45, 2.75) is 19.8 Å². The summed E-state index contributed by atoms with van der Waals surface area (Å²) in [5.74, 6) is 1.28. The maximum absolute atomic E-state index is 11.9. The van der Waals surface area contributed by atoms with Crippen LogP contribution in [0, 0.1) is 0 Å². The smallest absolute Gasteiger partial charge is 0.272 e. The molecule has 0 unspecified atom stereocenters. The summed E-state index contributed by atoms with van der Waals surface area (Å²) in [6.07, 6.45) is 3.42. The van der Waals surface area contributed by atoms with Gasteiger partial charge in [0.15, 0.2) is 0 Å². The van der Waals surface area contributed by atoms with Gasteiger partial charge in [0.05, 0.1) is 11.8 Å². The monoisotopic (exact) mass is 334 g/mol. The van der Waals surface area contributed by atoms with Gasteiger partial charge in [-0.1, -0.05) is 19.1 Å². The third kappa shape index (κ3) is 3.81. The lowest BCUT2D eigenvalue weighted by molar-refractivity contribution is 0.0954. The molecule has 0 atom stereocenters. The van der Waals surface area contributed by atoms with Crippen LogP contribution in [0.5, 0.6) is 0 Å². The lowest BCUT2D eigenvalue weighted by atomic mass is 10.2. The molecule has 1 heterocycles. The maximum atomic E-state index is 11.9. The summed E-state index contributed by atoms with van der Waals surface area (Å²) in [4.78, 5) is 11.9. The Kier molecular flexibility index (Phi) is 5.12. The first-order valence-electron chi connectivity index (χ1n) is 6.37. The number of benzene rings is 1. The molecule has 0 bridgehead atoms. The van der Waals surface area contributed by atoms with E-state index in [1.54, 1.807) is 12.1 Å². The van der Waals surface area contributed by atoms with Crippen molar-refractivity contribution in [3.63, 3.8) is 0 Å². The van der Waals surface area contributed by atoms with Gasteiger partial charge in [-0.15, -0.1) is 0 Å². The van der Waals surface area contributed by atoms with Crippen LogP contribution in [0.4, 0.5) is 0 Å². The molecule has 0 radical (unpaired) electrons. The molecule has 2 rings (SSSR count). The van der Waals surface area contributed by atoms with E-state index in [-0.39, 0.29) is 5.91 Å². The molecule has 0 fully saturated rings. The number of furan rings is 1. The Morgan fingerprint density at radius 1 is 1.35 bits per heavy atom. The number of amides is 1. The largest absolute Gasteiger partial charge is 0.460 e. The molecule has 1 aromatic heterocycles. The number of hydrogen-bond acceptors (Lipinski definition) is 3. The lowest BCUT2D eigenvalue weighted by Gasteiger charge is -2.01. The van der Waals surface area contributed by atoms with Crippen LogP contribution >= 0.6 is 15.9 Å². The third-order valence-electron chi connectivity index (χ3n) is 2.66. The summed E-state index contributed by atoms with van der Waals surface area (Å²) in [5.41, 5.74) is 3.01. The van der Waals surface area contributed by atoms with E-state index in [0.29, 0.717) is 11.3 Å². The lowest BCUT2D eigenvalue weighted by Crippen LogP contribution is -2.17. The van der Waals surface area contributed by atoms with Gasteiger partial charge in [0.2, 0.25) is 0 Å². The van der Waals surface area contributed by atoms with E-state index >= 15 is 0 Å². The molecule has 20 heavy (non-hydrogen) atoms. The van der Waals surface area contributed by atoms with Gasteiger partial charge in [-0.2, -0.15) is 5.10 Å². The number of carbonyl (C=O) groups excluding carboxylic acids is 1. The second-order valence-electron chi connectivity index (χ2n) is 4.23. The van der Waals surface area contributed by atoms with Crippen LogP contribution in [0.25, 0.3) is 0 Å². The molecule has 0 spiro atoms. The molecule has 0 saturated heterocycles. The Balaban J connectivity index is 1.95. The highest BCUT2D eigenvalue weighted by atomic mass is 79.9. The highest BCUT2D eigenvalue weighted by molar-refractivity contribution is 9.10. The van der Waals surface area contributed by atoms with Gasteiger partial charge in [0.25, 0.3) is 5.91 Å². The maximum Gasteiger partial charge on any atom is 0.272 e. The van der Waals surface area contributed by atoms with Crippen molar-refractivity contribution in [2.24, 2.45) is 5.10 Å². The van der Waals surface area contributed by atoms with Crippen molar-refractivity contribution >= 4 is 28.1 Å². The predicted octanol–water partition coefficient (Wildman–Crippen LogP) is 3.76. The summed E-state index contributed by atoms with van der Waals surface area (Å²) >= 11 is 3.32. The van der Waals surface area contributed by atoms with E-state index in [9.17, 15) is 4.79 Å². The number of hydrazone groups is 1. The van der Waals surface area contributed by atoms with Gasteiger partial charge in [-0.05, 0) is 46.6 Å². The van der Waals surface area contributed by atoms with E-state index in [2.05, 4.69) is 33.4 Å². The predicted molar refractivity (Wildman–Crippen MR) is 81.9 cm³/mol. The molecular weight excluding hydrogens is 320 g/mol. The van der Waals surface area contributed by atoms with Gasteiger partial charge >= 0.3 is 0 Å². The summed E-state index contributed by atoms with van der Waals surface area (Å²) in [6.45, 7) is 2.09.